The van der Waals surface area contributed by atoms with Gasteiger partial charge in [0.25, 0.3) is 0 Å². The Bertz CT molecular complexity index is 166. The van der Waals surface area contributed by atoms with Crippen molar-refractivity contribution < 1.29 is 0 Å². The summed E-state index contributed by atoms with van der Waals surface area (Å²) in [5, 5.41) is 4.54. The van der Waals surface area contributed by atoms with Crippen LogP contribution < -0.4 is 0 Å². The van der Waals surface area contributed by atoms with Gasteiger partial charge in [-0.05, 0) is 34.7 Å². The molecular weight excluding hydrogens is 150 g/mol. The summed E-state index contributed by atoms with van der Waals surface area (Å²) in [6.45, 7) is 8.94. The topological polar surface area (TPSA) is 9.72 Å². The Morgan fingerprint density at radius 2 is 0.917 bits per heavy atom. The van der Waals surface area contributed by atoms with E-state index in [-0.39, 0.29) is 11.3 Å². The van der Waals surface area contributed by atoms with Crippen molar-refractivity contribution in [2.75, 3.05) is 21.1 Å². The molecule has 0 aromatic carbocycles. The molecule has 3 heteroatoms. The van der Waals surface area contributed by atoms with Gasteiger partial charge in [-0.15, -0.1) is 0 Å². The highest BCUT2D eigenvalue weighted by atomic mass is 15.8. The van der Waals surface area contributed by atoms with Gasteiger partial charge in [0.15, 0.2) is 0 Å². The van der Waals surface area contributed by atoms with Gasteiger partial charge in [-0.1, -0.05) is 0 Å². The standard InChI is InChI=1S/C9H21N3/c1-8(2)10(5)9(3,4)12(7)11(8)6/h1-7H3. The molecule has 3 nitrogen and oxygen atoms in total. The van der Waals surface area contributed by atoms with Gasteiger partial charge >= 0.3 is 0 Å². The third kappa shape index (κ3) is 1.00. The molecule has 0 aliphatic carbocycles. The Morgan fingerprint density at radius 3 is 1.00 bits per heavy atom. The van der Waals surface area contributed by atoms with Gasteiger partial charge in [0.05, 0.1) is 11.3 Å². The monoisotopic (exact) mass is 171 g/mol. The molecule has 12 heavy (non-hydrogen) atoms. The van der Waals surface area contributed by atoms with Crippen molar-refractivity contribution in [1.29, 1.82) is 0 Å². The molecule has 0 atom stereocenters. The molecule has 1 rings (SSSR count). The molecule has 0 saturated carbocycles. The molecule has 0 aromatic heterocycles. The Hall–Kier alpha value is -0.120. The zero-order chi connectivity index (χ0) is 9.73. The van der Waals surface area contributed by atoms with Crippen molar-refractivity contribution in [3.05, 3.63) is 0 Å². The summed E-state index contributed by atoms with van der Waals surface area (Å²) in [7, 11) is 6.43. The van der Waals surface area contributed by atoms with Crippen molar-refractivity contribution in [3.8, 4) is 0 Å². The Balaban J connectivity index is 3.03. The second-order valence-electron chi connectivity index (χ2n) is 4.60. The summed E-state index contributed by atoms with van der Waals surface area (Å²) in [5.41, 5.74) is 0.219. The van der Waals surface area contributed by atoms with E-state index in [0.717, 1.165) is 0 Å². The predicted octanol–water partition coefficient (Wildman–Crippen LogP) is 1.18. The van der Waals surface area contributed by atoms with Crippen LogP contribution in [0.15, 0.2) is 0 Å². The number of hydrogen-bond donors (Lipinski definition) is 0. The lowest BCUT2D eigenvalue weighted by Crippen LogP contribution is -2.49. The summed E-state index contributed by atoms with van der Waals surface area (Å²) in [4.78, 5) is 2.38. The minimum absolute atomic E-state index is 0.109. The van der Waals surface area contributed by atoms with Gasteiger partial charge in [-0.3, -0.25) is 4.90 Å². The molecule has 1 aliphatic rings. The first-order valence-corrected chi connectivity index (χ1v) is 4.44. The summed E-state index contributed by atoms with van der Waals surface area (Å²) in [5.74, 6) is 0. The maximum absolute atomic E-state index is 2.38. The van der Waals surface area contributed by atoms with Crippen molar-refractivity contribution >= 4 is 0 Å². The molecule has 1 saturated heterocycles. The lowest BCUT2D eigenvalue weighted by atomic mass is 10.1. The fraction of sp³-hybridized carbons (Fsp3) is 1.00. The van der Waals surface area contributed by atoms with Gasteiger partial charge in [-0.25, -0.2) is 10.0 Å². The second-order valence-corrected chi connectivity index (χ2v) is 4.60. The second kappa shape index (κ2) is 2.44. The van der Waals surface area contributed by atoms with E-state index in [4.69, 9.17) is 0 Å². The van der Waals surface area contributed by atoms with Gasteiger partial charge in [0, 0.05) is 14.1 Å². The molecule has 0 N–H and O–H groups in total. The van der Waals surface area contributed by atoms with Crippen LogP contribution in [0, 0.1) is 0 Å². The van der Waals surface area contributed by atoms with E-state index in [2.05, 4.69) is 63.8 Å². The van der Waals surface area contributed by atoms with E-state index in [9.17, 15) is 0 Å². The van der Waals surface area contributed by atoms with Crippen LogP contribution in [-0.4, -0.2) is 47.4 Å². The van der Waals surface area contributed by atoms with Crippen LogP contribution in [0.5, 0.6) is 0 Å². The smallest absolute Gasteiger partial charge is 0.0825 e. The van der Waals surface area contributed by atoms with E-state index >= 15 is 0 Å². The van der Waals surface area contributed by atoms with Gasteiger partial charge in [-0.2, -0.15) is 0 Å². The normalized spacial score (nSPS) is 31.2. The van der Waals surface area contributed by atoms with Gasteiger partial charge in [0.1, 0.15) is 0 Å². The molecule has 0 bridgehead atoms. The predicted molar refractivity (Wildman–Crippen MR) is 51.4 cm³/mol. The maximum Gasteiger partial charge on any atom is 0.0825 e. The van der Waals surface area contributed by atoms with Crippen LogP contribution in [-0.2, 0) is 0 Å². The third-order valence-electron chi connectivity index (χ3n) is 3.68. The molecule has 0 amide bonds. The SMILES string of the molecule is CN1N(C)C(C)(C)N(C)C1(C)C. The molecule has 1 fully saturated rings. The first kappa shape index (κ1) is 9.96. The molecule has 1 heterocycles. The van der Waals surface area contributed by atoms with E-state index < -0.39 is 0 Å². The van der Waals surface area contributed by atoms with Gasteiger partial charge < -0.3 is 0 Å². The van der Waals surface area contributed by atoms with Crippen molar-refractivity contribution in [3.63, 3.8) is 0 Å². The summed E-state index contributed by atoms with van der Waals surface area (Å²) in [6.07, 6.45) is 0. The summed E-state index contributed by atoms with van der Waals surface area (Å²) < 4.78 is 0. The molecule has 0 aromatic rings. The first-order valence-electron chi connectivity index (χ1n) is 4.44. The highest BCUT2D eigenvalue weighted by molar-refractivity contribution is 4.94. The Kier molecular flexibility index (Phi) is 2.02. The first-order chi connectivity index (χ1) is 5.22. The van der Waals surface area contributed by atoms with E-state index in [1.54, 1.807) is 0 Å². The molecule has 0 radical (unpaired) electrons. The molecule has 0 unspecified atom stereocenters. The number of hydrogen-bond acceptors (Lipinski definition) is 3. The van der Waals surface area contributed by atoms with E-state index in [0.29, 0.717) is 0 Å². The van der Waals surface area contributed by atoms with E-state index in [1.807, 2.05) is 0 Å². The molecule has 72 valence electrons. The largest absolute Gasteiger partial charge is 0.269 e. The average molecular weight is 171 g/mol. The zero-order valence-electron chi connectivity index (χ0n) is 9.34. The fourth-order valence-corrected chi connectivity index (χ4v) is 1.84. The van der Waals surface area contributed by atoms with Crippen LogP contribution >= 0.6 is 0 Å². The summed E-state index contributed by atoms with van der Waals surface area (Å²) >= 11 is 0. The minimum Gasteiger partial charge on any atom is -0.269 e. The number of nitrogens with zero attached hydrogens (tertiary/aromatic N) is 3. The minimum atomic E-state index is 0.109. The lowest BCUT2D eigenvalue weighted by Gasteiger charge is -2.35. The molecular formula is C9H21N3. The van der Waals surface area contributed by atoms with E-state index in [1.165, 1.54) is 0 Å². The Labute approximate surface area is 75.9 Å². The molecule has 1 aliphatic heterocycles. The van der Waals surface area contributed by atoms with Crippen LogP contribution in [0.2, 0.25) is 0 Å². The third-order valence-corrected chi connectivity index (χ3v) is 3.68. The summed E-state index contributed by atoms with van der Waals surface area (Å²) in [6, 6.07) is 0. The van der Waals surface area contributed by atoms with Crippen molar-refractivity contribution in [1.82, 2.24) is 14.9 Å². The van der Waals surface area contributed by atoms with Crippen molar-refractivity contribution in [2.45, 2.75) is 39.0 Å². The highest BCUT2D eigenvalue weighted by Crippen LogP contribution is 2.36. The van der Waals surface area contributed by atoms with Crippen LogP contribution in [0.1, 0.15) is 27.7 Å². The van der Waals surface area contributed by atoms with Crippen molar-refractivity contribution in [2.24, 2.45) is 0 Å². The van der Waals surface area contributed by atoms with Crippen LogP contribution in [0.3, 0.4) is 0 Å². The number of rotatable bonds is 0. The molecule has 0 spiro atoms. The fourth-order valence-electron chi connectivity index (χ4n) is 1.84. The van der Waals surface area contributed by atoms with Crippen LogP contribution in [0.25, 0.3) is 0 Å². The zero-order valence-corrected chi connectivity index (χ0v) is 9.34. The Morgan fingerprint density at radius 1 is 0.667 bits per heavy atom. The highest BCUT2D eigenvalue weighted by Gasteiger charge is 2.49. The quantitative estimate of drug-likeness (QED) is 0.542. The maximum atomic E-state index is 2.38. The number of hydrazine groups is 1. The van der Waals surface area contributed by atoms with Gasteiger partial charge in [0.2, 0.25) is 0 Å². The average Bonchev–Trinajstić information content (AvgIpc) is 2.06. The van der Waals surface area contributed by atoms with Crippen LogP contribution in [0.4, 0.5) is 0 Å². The lowest BCUT2D eigenvalue weighted by molar-refractivity contribution is -0.0272.